The number of rotatable bonds is 3. The maximum atomic E-state index is 5.80. The summed E-state index contributed by atoms with van der Waals surface area (Å²) >= 11 is 5.32. The van der Waals surface area contributed by atoms with Crippen LogP contribution >= 0.6 is 27.3 Å². The average molecular weight is 323 g/mol. The monoisotopic (exact) mass is 322 g/mol. The molecule has 2 unspecified atom stereocenters. The van der Waals surface area contributed by atoms with E-state index in [0.29, 0.717) is 5.92 Å². The molecular weight excluding hydrogens is 308 g/mol. The van der Waals surface area contributed by atoms with Crippen molar-refractivity contribution in [1.29, 1.82) is 0 Å². The summed E-state index contributed by atoms with van der Waals surface area (Å²) in [5, 5.41) is 4.29. The minimum Gasteiger partial charge on any atom is -0.271 e. The third-order valence-electron chi connectivity index (χ3n) is 3.74. The Morgan fingerprint density at radius 3 is 2.89 bits per heavy atom. The van der Waals surface area contributed by atoms with Gasteiger partial charge in [-0.2, -0.15) is 11.3 Å². The van der Waals surface area contributed by atoms with Crippen LogP contribution in [0.3, 0.4) is 0 Å². The highest BCUT2D eigenvalue weighted by Gasteiger charge is 2.31. The lowest BCUT2D eigenvalue weighted by molar-refractivity contribution is 0.452. The maximum absolute atomic E-state index is 5.80. The zero-order valence-corrected chi connectivity index (χ0v) is 12.3. The van der Waals surface area contributed by atoms with E-state index >= 15 is 0 Å². The molecule has 0 bridgehead atoms. The normalized spacial score (nSPS) is 19.8. The molecule has 2 nitrogen and oxygen atoms in total. The van der Waals surface area contributed by atoms with Crippen molar-refractivity contribution in [3.63, 3.8) is 0 Å². The Balaban J connectivity index is 1.98. The summed E-state index contributed by atoms with van der Waals surface area (Å²) in [5.41, 5.74) is 7.18. The number of hydrazine groups is 1. The van der Waals surface area contributed by atoms with Crippen molar-refractivity contribution >= 4 is 27.3 Å². The van der Waals surface area contributed by atoms with Gasteiger partial charge in [0.05, 0.1) is 6.04 Å². The quantitative estimate of drug-likeness (QED) is 0.667. The molecule has 1 aliphatic carbocycles. The molecule has 3 rings (SSSR count). The first kappa shape index (κ1) is 12.4. The van der Waals surface area contributed by atoms with Crippen LogP contribution < -0.4 is 11.3 Å². The van der Waals surface area contributed by atoms with E-state index in [1.54, 1.807) is 11.3 Å². The number of hydrogen-bond acceptors (Lipinski definition) is 3. The second-order valence-electron chi connectivity index (χ2n) is 4.66. The number of halogens is 1. The van der Waals surface area contributed by atoms with Crippen LogP contribution in [0.5, 0.6) is 0 Å². The molecule has 2 aromatic rings. The van der Waals surface area contributed by atoms with E-state index in [0.717, 1.165) is 17.3 Å². The van der Waals surface area contributed by atoms with E-state index < -0.39 is 0 Å². The molecule has 94 valence electrons. The van der Waals surface area contributed by atoms with Gasteiger partial charge in [0, 0.05) is 15.8 Å². The average Bonchev–Trinajstić information content (AvgIpc) is 2.99. The molecule has 1 aromatic carbocycles. The van der Waals surface area contributed by atoms with Gasteiger partial charge in [-0.3, -0.25) is 11.3 Å². The molecule has 0 saturated heterocycles. The van der Waals surface area contributed by atoms with Gasteiger partial charge in [0.15, 0.2) is 0 Å². The minimum atomic E-state index is 0.189. The lowest BCUT2D eigenvalue weighted by Crippen LogP contribution is -2.31. The molecule has 0 spiro atoms. The molecule has 1 heterocycles. The Hall–Kier alpha value is -0.680. The Kier molecular flexibility index (Phi) is 3.52. The summed E-state index contributed by atoms with van der Waals surface area (Å²) in [5.74, 6) is 6.27. The number of nitrogens with two attached hydrogens (primary N) is 1. The molecule has 18 heavy (non-hydrogen) atoms. The topological polar surface area (TPSA) is 38.0 Å². The highest BCUT2D eigenvalue weighted by atomic mass is 79.9. The van der Waals surface area contributed by atoms with Crippen molar-refractivity contribution in [1.82, 2.24) is 5.43 Å². The molecule has 4 heteroatoms. The van der Waals surface area contributed by atoms with Gasteiger partial charge in [0.1, 0.15) is 0 Å². The predicted molar refractivity (Wildman–Crippen MR) is 79.6 cm³/mol. The lowest BCUT2D eigenvalue weighted by atomic mass is 9.90. The Labute approximate surface area is 119 Å². The van der Waals surface area contributed by atoms with Crippen molar-refractivity contribution in [3.8, 4) is 0 Å². The number of fused-ring (bicyclic) bond motifs is 1. The lowest BCUT2D eigenvalue weighted by Gasteiger charge is -2.23. The van der Waals surface area contributed by atoms with Gasteiger partial charge >= 0.3 is 0 Å². The minimum absolute atomic E-state index is 0.189. The molecule has 3 N–H and O–H groups in total. The standard InChI is InChI=1S/C14H15BrN2S/c15-13-8-18-7-12(13)14(17-16)11-6-5-9-3-1-2-4-10(9)11/h1-4,7-8,11,14,17H,5-6,16H2. The third kappa shape index (κ3) is 2.03. The summed E-state index contributed by atoms with van der Waals surface area (Å²) in [6, 6.07) is 8.89. The van der Waals surface area contributed by atoms with Crippen molar-refractivity contribution < 1.29 is 0 Å². The number of hydrogen-bond donors (Lipinski definition) is 2. The summed E-state index contributed by atoms with van der Waals surface area (Å²) in [7, 11) is 0. The van der Waals surface area contributed by atoms with Crippen LogP contribution in [0.1, 0.15) is 35.1 Å². The fraction of sp³-hybridized carbons (Fsp3) is 0.286. The largest absolute Gasteiger partial charge is 0.271 e. The first-order chi connectivity index (χ1) is 8.81. The highest BCUT2D eigenvalue weighted by molar-refractivity contribution is 9.10. The fourth-order valence-corrected chi connectivity index (χ4v) is 4.45. The first-order valence-electron chi connectivity index (χ1n) is 6.06. The molecule has 2 atom stereocenters. The van der Waals surface area contributed by atoms with Crippen LogP contribution in [0.15, 0.2) is 39.5 Å². The van der Waals surface area contributed by atoms with Crippen molar-refractivity contribution in [3.05, 3.63) is 56.2 Å². The van der Waals surface area contributed by atoms with Gasteiger partial charge in [-0.15, -0.1) is 0 Å². The van der Waals surface area contributed by atoms with E-state index in [4.69, 9.17) is 5.84 Å². The Morgan fingerprint density at radius 2 is 2.17 bits per heavy atom. The maximum Gasteiger partial charge on any atom is 0.0548 e. The molecule has 1 aliphatic rings. The Morgan fingerprint density at radius 1 is 1.33 bits per heavy atom. The molecule has 1 aromatic heterocycles. The van der Waals surface area contributed by atoms with Gasteiger partial charge in [0.2, 0.25) is 0 Å². The van der Waals surface area contributed by atoms with Gasteiger partial charge in [-0.25, -0.2) is 0 Å². The van der Waals surface area contributed by atoms with Crippen molar-refractivity contribution in [2.24, 2.45) is 5.84 Å². The van der Waals surface area contributed by atoms with Crippen molar-refractivity contribution in [2.75, 3.05) is 0 Å². The van der Waals surface area contributed by atoms with E-state index in [1.807, 2.05) is 0 Å². The molecule has 0 fully saturated rings. The van der Waals surface area contributed by atoms with E-state index in [2.05, 4.69) is 56.4 Å². The predicted octanol–water partition coefficient (Wildman–Crippen LogP) is 3.75. The Bertz CT molecular complexity index is 552. The van der Waals surface area contributed by atoms with Crippen LogP contribution in [0.4, 0.5) is 0 Å². The number of thiophene rings is 1. The zero-order chi connectivity index (χ0) is 12.5. The highest BCUT2D eigenvalue weighted by Crippen LogP contribution is 2.43. The number of benzene rings is 1. The van der Waals surface area contributed by atoms with Gasteiger partial charge in [-0.05, 0) is 50.8 Å². The fourth-order valence-electron chi connectivity index (χ4n) is 2.87. The van der Waals surface area contributed by atoms with Gasteiger partial charge < -0.3 is 0 Å². The van der Waals surface area contributed by atoms with Crippen LogP contribution in [-0.4, -0.2) is 0 Å². The number of aryl methyl sites for hydroxylation is 1. The summed E-state index contributed by atoms with van der Waals surface area (Å²) in [6.07, 6.45) is 2.32. The summed E-state index contributed by atoms with van der Waals surface area (Å²) in [6.45, 7) is 0. The van der Waals surface area contributed by atoms with Crippen LogP contribution in [0.2, 0.25) is 0 Å². The molecule has 0 amide bonds. The van der Waals surface area contributed by atoms with E-state index in [1.165, 1.54) is 16.7 Å². The smallest absolute Gasteiger partial charge is 0.0548 e. The van der Waals surface area contributed by atoms with Gasteiger partial charge in [-0.1, -0.05) is 24.3 Å². The third-order valence-corrected chi connectivity index (χ3v) is 5.49. The molecule has 0 saturated carbocycles. The summed E-state index contributed by atoms with van der Waals surface area (Å²) in [4.78, 5) is 0. The van der Waals surface area contributed by atoms with Gasteiger partial charge in [0.25, 0.3) is 0 Å². The summed E-state index contributed by atoms with van der Waals surface area (Å²) < 4.78 is 1.15. The van der Waals surface area contributed by atoms with Crippen LogP contribution in [0.25, 0.3) is 0 Å². The second kappa shape index (κ2) is 5.13. The first-order valence-corrected chi connectivity index (χ1v) is 7.80. The number of nitrogens with one attached hydrogen (secondary N) is 1. The molecule has 0 aliphatic heterocycles. The van der Waals surface area contributed by atoms with E-state index in [-0.39, 0.29) is 6.04 Å². The van der Waals surface area contributed by atoms with Crippen LogP contribution in [-0.2, 0) is 6.42 Å². The second-order valence-corrected chi connectivity index (χ2v) is 6.26. The van der Waals surface area contributed by atoms with Crippen LogP contribution in [0, 0.1) is 0 Å². The SMILES string of the molecule is NNC(c1cscc1Br)C1CCc2ccccc21. The molecule has 0 radical (unpaired) electrons. The zero-order valence-electron chi connectivity index (χ0n) is 9.90. The van der Waals surface area contributed by atoms with E-state index in [9.17, 15) is 0 Å². The molecular formula is C14H15BrN2S. The van der Waals surface area contributed by atoms with Crippen molar-refractivity contribution in [2.45, 2.75) is 24.8 Å².